The van der Waals surface area contributed by atoms with Gasteiger partial charge in [0, 0.05) is 72.3 Å². The maximum Gasteiger partial charge on any atom is 0.294 e. The van der Waals surface area contributed by atoms with Crippen LogP contribution in [0.3, 0.4) is 0 Å². The molecule has 1 aliphatic rings. The van der Waals surface area contributed by atoms with Crippen molar-refractivity contribution in [3.8, 4) is 0 Å². The number of benzene rings is 2. The third-order valence-corrected chi connectivity index (χ3v) is 8.52. The number of nitrogens with zero attached hydrogens (tertiary/aromatic N) is 2. The average molecular weight is 570 g/mol. The van der Waals surface area contributed by atoms with Crippen LogP contribution in [0.1, 0.15) is 44.7 Å². The molecule has 0 spiro atoms. The second-order valence-corrected chi connectivity index (χ2v) is 11.5. The predicted octanol–water partition coefficient (Wildman–Crippen LogP) is 3.67. The molecule has 1 unspecified atom stereocenters. The van der Waals surface area contributed by atoms with Crippen LogP contribution in [-0.2, 0) is 20.2 Å². The van der Waals surface area contributed by atoms with Crippen molar-refractivity contribution < 1.29 is 30.5 Å². The SMILES string of the molecule is CCN(CC)c1ccc(C(c2cc(S(=O)(=O)O)ccc2S(=O)(=O)[O-])C2C=CC(=[N+](CC)CC)C=C2)cc1.[Na]. The molecule has 0 aromatic heterocycles. The standard InChI is InChI=1S/C27H34N2O6S2.Na/c1-5-28(6-2)22-13-9-20(10-14-22)27(21-11-15-23(16-12-21)29(7-3)8-4)25-19-24(36(30,31)32)17-18-26(25)37(33,34)35;/h9-20,27H,5-8H2,1-4H3,(H-,30,31,32,33,34,35);. The molecule has 2 aromatic carbocycles. The summed E-state index contributed by atoms with van der Waals surface area (Å²) in [6, 6.07) is 10.6. The van der Waals surface area contributed by atoms with E-state index in [0.29, 0.717) is 5.56 Å². The van der Waals surface area contributed by atoms with Crippen LogP contribution < -0.4 is 4.90 Å². The minimum atomic E-state index is -4.95. The van der Waals surface area contributed by atoms with Gasteiger partial charge in [0.1, 0.15) is 23.2 Å². The van der Waals surface area contributed by atoms with E-state index in [1.54, 1.807) is 0 Å². The topological polar surface area (TPSA) is 118 Å². The first-order valence-electron chi connectivity index (χ1n) is 12.3. The van der Waals surface area contributed by atoms with Gasteiger partial charge in [-0.25, -0.2) is 13.0 Å². The molecule has 8 nitrogen and oxygen atoms in total. The Morgan fingerprint density at radius 2 is 1.47 bits per heavy atom. The summed E-state index contributed by atoms with van der Waals surface area (Å²) in [6.45, 7) is 11.5. The number of hydrogen-bond acceptors (Lipinski definition) is 6. The maximum atomic E-state index is 12.3. The molecule has 0 heterocycles. The summed E-state index contributed by atoms with van der Waals surface area (Å²) in [7, 11) is -9.58. The molecule has 0 fully saturated rings. The summed E-state index contributed by atoms with van der Waals surface area (Å²) in [6.07, 6.45) is 7.76. The van der Waals surface area contributed by atoms with E-state index < -0.39 is 35.9 Å². The Morgan fingerprint density at radius 1 is 0.921 bits per heavy atom. The first-order valence-corrected chi connectivity index (χ1v) is 15.2. The first kappa shape index (κ1) is 32.4. The van der Waals surface area contributed by atoms with E-state index in [1.165, 1.54) is 0 Å². The van der Waals surface area contributed by atoms with Crippen molar-refractivity contribution in [1.82, 2.24) is 0 Å². The Kier molecular flexibility index (Phi) is 11.5. The average Bonchev–Trinajstić information content (AvgIpc) is 2.86. The van der Waals surface area contributed by atoms with Crippen LogP contribution in [0.2, 0.25) is 0 Å². The molecule has 0 saturated carbocycles. The molecule has 0 amide bonds. The van der Waals surface area contributed by atoms with E-state index in [0.717, 1.165) is 55.8 Å². The molecule has 11 heteroatoms. The molecule has 201 valence electrons. The van der Waals surface area contributed by atoms with Crippen LogP contribution in [0.5, 0.6) is 0 Å². The molecule has 3 rings (SSSR count). The van der Waals surface area contributed by atoms with Crippen LogP contribution in [-0.4, -0.2) is 92.0 Å². The summed E-state index contributed by atoms with van der Waals surface area (Å²) < 4.78 is 72.5. The van der Waals surface area contributed by atoms with E-state index in [4.69, 9.17) is 0 Å². The summed E-state index contributed by atoms with van der Waals surface area (Å²) in [4.78, 5) is 1.17. The molecular formula is C27H34N2NaO6S2. The molecule has 1 N–H and O–H groups in total. The Morgan fingerprint density at radius 3 is 1.92 bits per heavy atom. The van der Waals surface area contributed by atoms with Gasteiger partial charge in [-0.3, -0.25) is 4.55 Å². The van der Waals surface area contributed by atoms with Gasteiger partial charge in [0.25, 0.3) is 10.1 Å². The molecule has 1 atom stereocenters. The summed E-state index contributed by atoms with van der Waals surface area (Å²) in [5.74, 6) is -1.08. The molecule has 1 radical (unpaired) electrons. The van der Waals surface area contributed by atoms with Crippen LogP contribution in [0.4, 0.5) is 5.69 Å². The van der Waals surface area contributed by atoms with Crippen LogP contribution in [0, 0.1) is 5.92 Å². The monoisotopic (exact) mass is 569 g/mol. The Balaban J connectivity index is 0.00000507. The van der Waals surface area contributed by atoms with Crippen LogP contribution in [0.25, 0.3) is 0 Å². The van der Waals surface area contributed by atoms with E-state index in [9.17, 15) is 25.9 Å². The zero-order valence-corrected chi connectivity index (χ0v) is 26.2. The molecule has 0 aliphatic heterocycles. The van der Waals surface area contributed by atoms with Crippen molar-refractivity contribution in [1.29, 1.82) is 0 Å². The van der Waals surface area contributed by atoms with Crippen molar-refractivity contribution in [3.05, 3.63) is 77.9 Å². The molecule has 2 aromatic rings. The van der Waals surface area contributed by atoms with Gasteiger partial charge in [-0.15, -0.1) is 0 Å². The predicted molar refractivity (Wildman–Crippen MR) is 150 cm³/mol. The molecular weight excluding hydrogens is 535 g/mol. The van der Waals surface area contributed by atoms with Crippen molar-refractivity contribution in [2.24, 2.45) is 5.92 Å². The normalized spacial score (nSPS) is 16.2. The number of rotatable bonds is 10. The largest absolute Gasteiger partial charge is 0.744 e. The van der Waals surface area contributed by atoms with Crippen molar-refractivity contribution in [3.63, 3.8) is 0 Å². The zero-order valence-electron chi connectivity index (χ0n) is 22.5. The van der Waals surface area contributed by atoms with Gasteiger partial charge in [0.2, 0.25) is 0 Å². The zero-order chi connectivity index (χ0) is 27.4. The number of allylic oxidation sites excluding steroid dienone is 4. The summed E-state index contributed by atoms with van der Waals surface area (Å²) >= 11 is 0. The minimum Gasteiger partial charge on any atom is -0.744 e. The van der Waals surface area contributed by atoms with Crippen LogP contribution in [0.15, 0.2) is 76.6 Å². The van der Waals surface area contributed by atoms with Crippen molar-refractivity contribution >= 4 is 61.2 Å². The fraction of sp³-hybridized carbons (Fsp3) is 0.370. The Labute approximate surface area is 248 Å². The number of anilines is 1. The van der Waals surface area contributed by atoms with Gasteiger partial charge in [0.15, 0.2) is 5.71 Å². The minimum absolute atomic E-state index is 0. The van der Waals surface area contributed by atoms with E-state index >= 15 is 0 Å². The number of hydrogen-bond donors (Lipinski definition) is 1. The van der Waals surface area contributed by atoms with E-state index in [-0.39, 0.29) is 41.0 Å². The summed E-state index contributed by atoms with van der Waals surface area (Å²) in [5.41, 5.74) is 2.72. The van der Waals surface area contributed by atoms with Gasteiger partial charge in [-0.2, -0.15) is 8.42 Å². The van der Waals surface area contributed by atoms with Crippen molar-refractivity contribution in [2.75, 3.05) is 31.1 Å². The Bertz CT molecular complexity index is 1410. The fourth-order valence-corrected chi connectivity index (χ4v) is 6.03. The van der Waals surface area contributed by atoms with E-state index in [1.807, 2.05) is 62.4 Å². The molecule has 1 aliphatic carbocycles. The first-order chi connectivity index (χ1) is 17.4. The second-order valence-electron chi connectivity index (χ2n) is 8.76. The molecule has 38 heavy (non-hydrogen) atoms. The van der Waals surface area contributed by atoms with Gasteiger partial charge < -0.3 is 9.45 Å². The van der Waals surface area contributed by atoms with Crippen molar-refractivity contribution in [2.45, 2.75) is 43.4 Å². The summed E-state index contributed by atoms with van der Waals surface area (Å²) in [5, 5.41) is 0. The molecule has 0 saturated heterocycles. The molecule has 0 bridgehead atoms. The maximum absolute atomic E-state index is 12.3. The Hall–Kier alpha value is -1.79. The van der Waals surface area contributed by atoms with Gasteiger partial charge in [-0.1, -0.05) is 24.3 Å². The fourth-order valence-electron chi connectivity index (χ4n) is 4.81. The second kappa shape index (κ2) is 13.5. The van der Waals surface area contributed by atoms with E-state index in [2.05, 4.69) is 23.3 Å². The quantitative estimate of drug-likeness (QED) is 0.264. The van der Waals surface area contributed by atoms with Gasteiger partial charge in [-0.05, 0) is 69.2 Å². The van der Waals surface area contributed by atoms with Gasteiger partial charge in [0.05, 0.1) is 9.79 Å². The van der Waals surface area contributed by atoms with Crippen LogP contribution >= 0.6 is 0 Å². The third kappa shape index (κ3) is 7.44. The third-order valence-electron chi connectivity index (χ3n) is 6.76. The van der Waals surface area contributed by atoms with Gasteiger partial charge >= 0.3 is 0 Å². The smallest absolute Gasteiger partial charge is 0.294 e.